The van der Waals surface area contributed by atoms with Crippen LogP contribution in [0, 0.1) is 5.92 Å². The molecule has 0 aromatic heterocycles. The molecule has 1 heterocycles. The molecule has 126 valence electrons. The summed E-state index contributed by atoms with van der Waals surface area (Å²) in [6, 6.07) is 4.45. The topological polar surface area (TPSA) is 38.8 Å². The first-order valence-corrected chi connectivity index (χ1v) is 8.14. The van der Waals surface area contributed by atoms with Crippen LogP contribution in [0.4, 0.5) is 8.78 Å². The average Bonchev–Trinajstić information content (AvgIpc) is 3.38. The summed E-state index contributed by atoms with van der Waals surface area (Å²) in [5.74, 6) is 0.608. The van der Waals surface area contributed by atoms with Gasteiger partial charge in [0.1, 0.15) is 0 Å². The molecule has 3 rings (SSSR count). The van der Waals surface area contributed by atoms with E-state index in [1.165, 1.54) is 18.2 Å². The second kappa shape index (κ2) is 7.15. The number of hydrogen-bond acceptors (Lipinski definition) is 3. The van der Waals surface area contributed by atoms with Gasteiger partial charge < -0.3 is 14.4 Å². The van der Waals surface area contributed by atoms with Crippen molar-refractivity contribution in [3.05, 3.63) is 23.8 Å². The lowest BCUT2D eigenvalue weighted by Gasteiger charge is -2.27. The Bertz CT molecular complexity index is 555. The third-order valence-electron chi connectivity index (χ3n) is 4.22. The van der Waals surface area contributed by atoms with Crippen LogP contribution in [0.1, 0.15) is 42.5 Å². The predicted octanol–water partition coefficient (Wildman–Crippen LogP) is 3.70. The Morgan fingerprint density at radius 1 is 1.17 bits per heavy atom. The molecule has 1 aromatic rings. The largest absolute Gasteiger partial charge is 0.489 e. The molecule has 0 radical (unpaired) electrons. The standard InChI is InChI=1S/C17H21F2NO3/c18-17(19)23-14-7-6-13(10-15(14)22-11-12-4-5-12)16(21)20-8-2-1-3-9-20/h6-7,10,12,17H,1-5,8-9,11H2. The minimum atomic E-state index is -2.91. The van der Waals surface area contributed by atoms with E-state index in [0.29, 0.717) is 18.1 Å². The summed E-state index contributed by atoms with van der Waals surface area (Å²) in [6.45, 7) is -0.957. The highest BCUT2D eigenvalue weighted by Crippen LogP contribution is 2.34. The van der Waals surface area contributed by atoms with Crippen LogP contribution < -0.4 is 9.47 Å². The average molecular weight is 325 g/mol. The summed E-state index contributed by atoms with van der Waals surface area (Å²) < 4.78 is 35.1. The smallest absolute Gasteiger partial charge is 0.387 e. The van der Waals surface area contributed by atoms with E-state index in [1.54, 1.807) is 4.90 Å². The van der Waals surface area contributed by atoms with Gasteiger partial charge in [-0.1, -0.05) is 0 Å². The Kier molecular flexibility index (Phi) is 4.98. The van der Waals surface area contributed by atoms with Crippen molar-refractivity contribution in [2.75, 3.05) is 19.7 Å². The van der Waals surface area contributed by atoms with Gasteiger partial charge >= 0.3 is 6.61 Å². The maximum Gasteiger partial charge on any atom is 0.387 e. The van der Waals surface area contributed by atoms with Crippen LogP contribution in [0.5, 0.6) is 11.5 Å². The monoisotopic (exact) mass is 325 g/mol. The van der Waals surface area contributed by atoms with Gasteiger partial charge in [0.2, 0.25) is 0 Å². The van der Waals surface area contributed by atoms with Crippen molar-refractivity contribution in [2.24, 2.45) is 5.92 Å². The SMILES string of the molecule is O=C(c1ccc(OC(F)F)c(OCC2CC2)c1)N1CCCCC1. The molecule has 1 saturated carbocycles. The quantitative estimate of drug-likeness (QED) is 0.800. The number of halogens is 2. The van der Waals surface area contributed by atoms with Gasteiger partial charge in [-0.25, -0.2) is 0 Å². The molecule has 4 nitrogen and oxygen atoms in total. The molecular weight excluding hydrogens is 304 g/mol. The first kappa shape index (κ1) is 16.0. The van der Waals surface area contributed by atoms with Gasteiger partial charge in [-0.15, -0.1) is 0 Å². The van der Waals surface area contributed by atoms with E-state index >= 15 is 0 Å². The summed E-state index contributed by atoms with van der Waals surface area (Å²) in [4.78, 5) is 14.3. The van der Waals surface area contributed by atoms with Crippen LogP contribution in [-0.4, -0.2) is 37.1 Å². The molecule has 0 unspecified atom stereocenters. The Balaban J connectivity index is 1.76. The zero-order valence-electron chi connectivity index (χ0n) is 13.0. The number of piperidine rings is 1. The van der Waals surface area contributed by atoms with E-state index in [1.807, 2.05) is 0 Å². The van der Waals surface area contributed by atoms with Crippen molar-refractivity contribution in [3.8, 4) is 11.5 Å². The number of hydrogen-bond donors (Lipinski definition) is 0. The molecule has 1 amide bonds. The summed E-state index contributed by atoms with van der Waals surface area (Å²) in [5, 5.41) is 0. The Morgan fingerprint density at radius 3 is 2.57 bits per heavy atom. The Morgan fingerprint density at radius 2 is 1.91 bits per heavy atom. The van der Waals surface area contributed by atoms with Gasteiger partial charge in [-0.05, 0) is 56.2 Å². The van der Waals surface area contributed by atoms with Crippen LogP contribution in [0.25, 0.3) is 0 Å². The van der Waals surface area contributed by atoms with E-state index < -0.39 is 6.61 Å². The lowest BCUT2D eigenvalue weighted by molar-refractivity contribution is -0.0515. The van der Waals surface area contributed by atoms with E-state index in [0.717, 1.165) is 45.2 Å². The van der Waals surface area contributed by atoms with Gasteiger partial charge in [0.15, 0.2) is 11.5 Å². The van der Waals surface area contributed by atoms with Crippen LogP contribution in [-0.2, 0) is 0 Å². The number of amides is 1. The number of alkyl halides is 2. The molecule has 0 spiro atoms. The predicted molar refractivity (Wildman–Crippen MR) is 81.0 cm³/mol. The third kappa shape index (κ3) is 4.33. The molecule has 1 aliphatic heterocycles. The van der Waals surface area contributed by atoms with E-state index in [4.69, 9.17) is 4.74 Å². The van der Waals surface area contributed by atoms with Gasteiger partial charge in [0.05, 0.1) is 6.61 Å². The first-order valence-electron chi connectivity index (χ1n) is 8.14. The lowest BCUT2D eigenvalue weighted by Crippen LogP contribution is -2.35. The highest BCUT2D eigenvalue weighted by atomic mass is 19.3. The van der Waals surface area contributed by atoms with Gasteiger partial charge in [-0.3, -0.25) is 4.79 Å². The number of rotatable bonds is 6. The van der Waals surface area contributed by atoms with Gasteiger partial charge in [0, 0.05) is 18.7 Å². The summed E-state index contributed by atoms with van der Waals surface area (Å²) in [5.41, 5.74) is 0.458. The molecule has 6 heteroatoms. The van der Waals surface area contributed by atoms with Gasteiger partial charge in [-0.2, -0.15) is 8.78 Å². The van der Waals surface area contributed by atoms with Crippen molar-refractivity contribution in [1.82, 2.24) is 4.90 Å². The van der Waals surface area contributed by atoms with E-state index in [-0.39, 0.29) is 17.4 Å². The summed E-state index contributed by atoms with van der Waals surface area (Å²) in [6.07, 6.45) is 5.34. The number of benzene rings is 1. The van der Waals surface area contributed by atoms with E-state index in [2.05, 4.69) is 4.74 Å². The number of likely N-dealkylation sites (tertiary alicyclic amines) is 1. The van der Waals surface area contributed by atoms with Crippen molar-refractivity contribution in [2.45, 2.75) is 38.7 Å². The molecule has 1 aliphatic carbocycles. The maximum absolute atomic E-state index is 12.5. The maximum atomic E-state index is 12.5. The molecule has 1 saturated heterocycles. The molecule has 2 aliphatic rings. The molecule has 0 bridgehead atoms. The number of carbonyl (C=O) groups excluding carboxylic acids is 1. The zero-order chi connectivity index (χ0) is 16.2. The second-order valence-corrected chi connectivity index (χ2v) is 6.15. The Labute approximate surface area is 134 Å². The fourth-order valence-corrected chi connectivity index (χ4v) is 2.72. The third-order valence-corrected chi connectivity index (χ3v) is 4.22. The fourth-order valence-electron chi connectivity index (χ4n) is 2.72. The molecule has 1 aromatic carbocycles. The minimum Gasteiger partial charge on any atom is -0.489 e. The van der Waals surface area contributed by atoms with Crippen LogP contribution in [0.3, 0.4) is 0 Å². The van der Waals surface area contributed by atoms with Crippen LogP contribution >= 0.6 is 0 Å². The number of carbonyl (C=O) groups is 1. The summed E-state index contributed by atoms with van der Waals surface area (Å²) in [7, 11) is 0. The number of nitrogens with zero attached hydrogens (tertiary/aromatic N) is 1. The van der Waals surface area contributed by atoms with Crippen molar-refractivity contribution in [1.29, 1.82) is 0 Å². The normalized spacial score (nSPS) is 18.1. The van der Waals surface area contributed by atoms with Crippen LogP contribution in [0.15, 0.2) is 18.2 Å². The molecule has 0 atom stereocenters. The Hall–Kier alpha value is -1.85. The second-order valence-electron chi connectivity index (χ2n) is 6.15. The zero-order valence-corrected chi connectivity index (χ0v) is 13.0. The van der Waals surface area contributed by atoms with Crippen molar-refractivity contribution >= 4 is 5.91 Å². The van der Waals surface area contributed by atoms with Crippen LogP contribution in [0.2, 0.25) is 0 Å². The highest BCUT2D eigenvalue weighted by molar-refractivity contribution is 5.95. The first-order chi connectivity index (χ1) is 11.1. The fraction of sp³-hybridized carbons (Fsp3) is 0.588. The summed E-state index contributed by atoms with van der Waals surface area (Å²) >= 11 is 0. The minimum absolute atomic E-state index is 0.0177. The van der Waals surface area contributed by atoms with Crippen molar-refractivity contribution < 1.29 is 23.0 Å². The van der Waals surface area contributed by atoms with Gasteiger partial charge in [0.25, 0.3) is 5.91 Å². The number of ether oxygens (including phenoxy) is 2. The van der Waals surface area contributed by atoms with Crippen molar-refractivity contribution in [3.63, 3.8) is 0 Å². The molecular formula is C17H21F2NO3. The lowest BCUT2D eigenvalue weighted by atomic mass is 10.1. The van der Waals surface area contributed by atoms with E-state index in [9.17, 15) is 13.6 Å². The molecule has 2 fully saturated rings. The molecule has 23 heavy (non-hydrogen) atoms. The molecule has 0 N–H and O–H groups in total. The highest BCUT2D eigenvalue weighted by Gasteiger charge is 2.24.